The fourth-order valence-corrected chi connectivity index (χ4v) is 10.1. The van der Waals surface area contributed by atoms with Crippen LogP contribution in [0.15, 0.2) is 6.33 Å². The molecular formula is C30H43N9O11P2S. The Balaban J connectivity index is 0.956. The van der Waals surface area contributed by atoms with Crippen LogP contribution >= 0.6 is 27.4 Å². The molecule has 4 fully saturated rings. The number of amides is 4. The maximum Gasteiger partial charge on any atom is 0.469 e. The lowest BCUT2D eigenvalue weighted by molar-refractivity contribution is -0.122. The van der Waals surface area contributed by atoms with Crippen LogP contribution in [0.4, 0.5) is 10.6 Å². The van der Waals surface area contributed by atoms with E-state index in [-0.39, 0.29) is 67.5 Å². The molecule has 2 unspecified atom stereocenters. The summed E-state index contributed by atoms with van der Waals surface area (Å²) in [5.41, 5.74) is -0.221. The first-order valence-electron chi connectivity index (χ1n) is 17.2. The third kappa shape index (κ3) is 9.68. The van der Waals surface area contributed by atoms with Gasteiger partial charge < -0.3 is 50.7 Å². The summed E-state index contributed by atoms with van der Waals surface area (Å²) in [5.74, 6) is 6.60. The molecule has 290 valence electrons. The molecule has 0 radical (unpaired) electrons. The van der Waals surface area contributed by atoms with E-state index in [1.807, 2.05) is 11.8 Å². The molecule has 9 N–H and O–H groups in total. The van der Waals surface area contributed by atoms with Crippen molar-refractivity contribution in [3.05, 3.63) is 12.2 Å². The van der Waals surface area contributed by atoms with Gasteiger partial charge in [0, 0.05) is 61.9 Å². The molecule has 4 heterocycles. The Morgan fingerprint density at radius 2 is 1.85 bits per heavy atom. The number of unbranched alkanes of at least 4 members (excludes halogenated alkanes) is 1. The Hall–Kier alpha value is -3.31. The number of nitrogens with one attached hydrogen (secondary N) is 5. The summed E-state index contributed by atoms with van der Waals surface area (Å²) in [7, 11) is -8.14. The van der Waals surface area contributed by atoms with Crippen molar-refractivity contribution in [2.75, 3.05) is 37.8 Å². The number of urea groups is 1. The number of aromatic nitrogens is 4. The highest BCUT2D eigenvalue weighted by Crippen LogP contribution is 2.71. The van der Waals surface area contributed by atoms with Crippen LogP contribution in [0.25, 0.3) is 11.2 Å². The number of imidazole rings is 1. The van der Waals surface area contributed by atoms with Crippen LogP contribution in [0.3, 0.4) is 0 Å². The van der Waals surface area contributed by atoms with Crippen LogP contribution in [0, 0.1) is 23.2 Å². The minimum atomic E-state index is -4.94. The number of nitrogens with zero attached hydrogens (tertiary/aromatic N) is 4. The normalized spacial score (nSPS) is 27.3. The third-order valence-corrected chi connectivity index (χ3v) is 12.6. The van der Waals surface area contributed by atoms with Crippen LogP contribution in [0.5, 0.6) is 0 Å². The number of hydrogen-bond acceptors (Lipinski definition) is 12. The highest BCUT2D eigenvalue weighted by molar-refractivity contribution is 8.00. The van der Waals surface area contributed by atoms with Crippen LogP contribution < -0.4 is 26.6 Å². The van der Waals surface area contributed by atoms with Crippen LogP contribution in [0.2, 0.25) is 0 Å². The Morgan fingerprint density at radius 3 is 2.57 bits per heavy atom. The minimum absolute atomic E-state index is 0.0789. The van der Waals surface area contributed by atoms with E-state index < -0.39 is 39.8 Å². The van der Waals surface area contributed by atoms with Gasteiger partial charge in [0.05, 0.1) is 31.1 Å². The number of anilines is 1. The second-order valence-corrected chi connectivity index (χ2v) is 17.2. The van der Waals surface area contributed by atoms with Gasteiger partial charge in [0.25, 0.3) is 0 Å². The van der Waals surface area contributed by atoms with Gasteiger partial charge in [-0.1, -0.05) is 12.3 Å². The van der Waals surface area contributed by atoms with Crippen molar-refractivity contribution in [3.63, 3.8) is 0 Å². The number of phosphoric ester groups is 2. The Kier molecular flexibility index (Phi) is 12.0. The summed E-state index contributed by atoms with van der Waals surface area (Å²) in [6.07, 6.45) is 4.20. The molecule has 0 aromatic carbocycles. The van der Waals surface area contributed by atoms with E-state index >= 15 is 0 Å². The molecule has 0 spiro atoms. The van der Waals surface area contributed by atoms with Gasteiger partial charge in [-0.05, 0) is 37.5 Å². The standard InChI is InChI=1S/C30H43N9O11P2S/c1-31-27-26-28(39(16-34-26)19-12-21(50-52(46,47)48)30(13-17(19)30)15-49-51(43,44)45)37-22(36-27)7-3-5-9-24(41)33-11-10-32-23(40)8-4-2-6-20-25-18(14-53-20)35-29(42)38-25/h16-21,25H,2,4-6,8-15H2,1H3,(H,32,40)(H,33,41)(H,31,36,37)(H2,35,38,42)(H2,43,44,45)(H2,46,47,48)/t17-,18-,19?,20-,21?,25-,30+/m0/s1. The monoisotopic (exact) mass is 799 g/mol. The number of carbonyl (C=O) groups is 3. The summed E-state index contributed by atoms with van der Waals surface area (Å²) >= 11 is 1.85. The average molecular weight is 800 g/mol. The summed E-state index contributed by atoms with van der Waals surface area (Å²) in [5, 5.41) is 14.8. The Morgan fingerprint density at radius 1 is 1.09 bits per heavy atom. The van der Waals surface area contributed by atoms with Gasteiger partial charge >= 0.3 is 21.7 Å². The topological polar surface area (TPSA) is 288 Å². The molecule has 2 aliphatic heterocycles. The summed E-state index contributed by atoms with van der Waals surface area (Å²) < 4.78 is 34.7. The number of thioether (sulfide) groups is 1. The largest absolute Gasteiger partial charge is 0.469 e. The zero-order chi connectivity index (χ0) is 38.0. The SMILES string of the molecule is CNc1nc(C#CCCC(=O)NCCNC(=O)CCCC[C@@H]2SC[C@@H]3NC(=O)N[C@@H]32)nc2c1ncn2C1CC(OP(=O)(O)O)[C@@]2(COP(=O)(O)O)C[C@@H]12. The van der Waals surface area contributed by atoms with E-state index in [0.29, 0.717) is 41.6 Å². The van der Waals surface area contributed by atoms with Gasteiger partial charge in [-0.3, -0.25) is 18.6 Å². The predicted molar refractivity (Wildman–Crippen MR) is 190 cm³/mol. The highest BCUT2D eigenvalue weighted by Gasteiger charge is 2.70. The van der Waals surface area contributed by atoms with Crippen molar-refractivity contribution in [3.8, 4) is 11.8 Å². The van der Waals surface area contributed by atoms with Crippen LogP contribution in [-0.4, -0.2) is 113 Å². The first-order chi connectivity index (χ1) is 25.2. The molecule has 2 aromatic rings. The van der Waals surface area contributed by atoms with Gasteiger partial charge in [0.15, 0.2) is 17.0 Å². The molecule has 7 atom stereocenters. The molecule has 2 saturated heterocycles. The lowest BCUT2D eigenvalue weighted by atomic mass is 10.0. The van der Waals surface area contributed by atoms with Gasteiger partial charge in [0.1, 0.15) is 0 Å². The van der Waals surface area contributed by atoms with Gasteiger partial charge in [-0.15, -0.1) is 0 Å². The lowest BCUT2D eigenvalue weighted by Gasteiger charge is -2.24. The van der Waals surface area contributed by atoms with Crippen LogP contribution in [-0.2, 0) is 27.8 Å². The van der Waals surface area contributed by atoms with Crippen LogP contribution in [0.1, 0.15) is 63.2 Å². The molecular weight excluding hydrogens is 756 g/mol. The Bertz CT molecular complexity index is 1880. The van der Waals surface area contributed by atoms with E-state index in [0.717, 1.165) is 25.0 Å². The maximum atomic E-state index is 12.4. The fourth-order valence-electron chi connectivity index (χ4n) is 7.50. The van der Waals surface area contributed by atoms with Crippen molar-refractivity contribution in [1.82, 2.24) is 40.8 Å². The van der Waals surface area contributed by atoms with E-state index in [1.165, 1.54) is 6.33 Å². The molecule has 2 aliphatic carbocycles. The van der Waals surface area contributed by atoms with E-state index in [1.54, 1.807) is 11.6 Å². The fraction of sp³-hybridized carbons (Fsp3) is 0.667. The summed E-state index contributed by atoms with van der Waals surface area (Å²) in [6, 6.07) is -0.195. The second-order valence-electron chi connectivity index (χ2n) is 13.5. The van der Waals surface area contributed by atoms with Gasteiger partial charge in [0.2, 0.25) is 17.6 Å². The zero-order valence-corrected chi connectivity index (χ0v) is 31.4. The average Bonchev–Trinajstić information content (AvgIpc) is 3.36. The number of hydrogen-bond donors (Lipinski definition) is 9. The molecule has 4 aliphatic rings. The van der Waals surface area contributed by atoms with E-state index in [2.05, 4.69) is 53.4 Å². The van der Waals surface area contributed by atoms with E-state index in [9.17, 15) is 43.1 Å². The lowest BCUT2D eigenvalue weighted by Crippen LogP contribution is -2.36. The van der Waals surface area contributed by atoms with Crippen molar-refractivity contribution in [2.24, 2.45) is 11.3 Å². The maximum absolute atomic E-state index is 12.4. The molecule has 2 aromatic heterocycles. The minimum Gasteiger partial charge on any atom is -0.371 e. The number of phosphoric acid groups is 2. The number of fused-ring (bicyclic) bond motifs is 3. The molecule has 0 bridgehead atoms. The molecule has 23 heteroatoms. The molecule has 53 heavy (non-hydrogen) atoms. The van der Waals surface area contributed by atoms with Crippen molar-refractivity contribution in [1.29, 1.82) is 0 Å². The smallest absolute Gasteiger partial charge is 0.371 e. The van der Waals surface area contributed by atoms with Gasteiger partial charge in [-0.2, -0.15) is 11.8 Å². The van der Waals surface area contributed by atoms with E-state index in [4.69, 9.17) is 9.05 Å². The summed E-state index contributed by atoms with van der Waals surface area (Å²) in [4.78, 5) is 87.1. The quantitative estimate of drug-likeness (QED) is 0.0456. The summed E-state index contributed by atoms with van der Waals surface area (Å²) in [6.45, 7) is 0.127. The predicted octanol–water partition coefficient (Wildman–Crippen LogP) is 0.496. The molecule has 2 saturated carbocycles. The second kappa shape index (κ2) is 16.2. The molecule has 4 amide bonds. The number of carbonyl (C=O) groups excluding carboxylic acids is 3. The van der Waals surface area contributed by atoms with Crippen molar-refractivity contribution < 1.29 is 52.1 Å². The van der Waals surface area contributed by atoms with Gasteiger partial charge in [-0.25, -0.2) is 28.9 Å². The first-order valence-corrected chi connectivity index (χ1v) is 21.3. The highest BCUT2D eigenvalue weighted by atomic mass is 32.2. The Labute approximate surface area is 308 Å². The number of rotatable bonds is 17. The molecule has 20 nitrogen and oxygen atoms in total. The third-order valence-electron chi connectivity index (χ3n) is 10.0. The zero-order valence-electron chi connectivity index (χ0n) is 28.8. The molecule has 6 rings (SSSR count). The van der Waals surface area contributed by atoms with Crippen molar-refractivity contribution >= 4 is 62.2 Å². The van der Waals surface area contributed by atoms with Crippen molar-refractivity contribution in [2.45, 2.75) is 80.8 Å². The first kappa shape index (κ1) is 39.4.